The van der Waals surface area contributed by atoms with Gasteiger partial charge in [0.2, 0.25) is 20.0 Å². The van der Waals surface area contributed by atoms with E-state index in [1.54, 1.807) is 6.92 Å². The molecule has 0 saturated carbocycles. The minimum absolute atomic E-state index is 0.0268. The Labute approximate surface area is 124 Å². The Hall–Kier alpha value is -0.970. The summed E-state index contributed by atoms with van der Waals surface area (Å²) in [6.45, 7) is 3.64. The lowest BCUT2D eigenvalue weighted by molar-refractivity contribution is 0.305. The van der Waals surface area contributed by atoms with Crippen molar-refractivity contribution < 1.29 is 21.4 Å². The monoisotopic (exact) mass is 337 g/mol. The van der Waals surface area contributed by atoms with Crippen LogP contribution in [0, 0.1) is 13.8 Å². The van der Waals surface area contributed by atoms with E-state index < -0.39 is 26.1 Å². The molecule has 1 aliphatic heterocycles. The summed E-state index contributed by atoms with van der Waals surface area (Å²) in [7, 11) is -7.09. The topological polar surface area (TPSA) is 110 Å². The number of aryl methyl sites for hydroxylation is 2. The number of nitrogens with zero attached hydrogens (tertiary/aromatic N) is 2. The van der Waals surface area contributed by atoms with E-state index in [0.717, 1.165) is 6.26 Å². The Morgan fingerprint density at radius 1 is 1.29 bits per heavy atom. The van der Waals surface area contributed by atoms with Crippen LogP contribution in [-0.2, 0) is 20.0 Å². The van der Waals surface area contributed by atoms with Gasteiger partial charge >= 0.3 is 0 Å². The molecule has 2 rings (SSSR count). The average Bonchev–Trinajstić information content (AvgIpc) is 2.68. The molecule has 1 aromatic rings. The first-order chi connectivity index (χ1) is 9.61. The SMILES string of the molecule is Cc1noc(C)c1S(=O)(=O)NC1CCCN(S(C)(=O)=O)C1. The van der Waals surface area contributed by atoms with E-state index in [-0.39, 0.29) is 22.9 Å². The highest BCUT2D eigenvalue weighted by Crippen LogP contribution is 2.21. The van der Waals surface area contributed by atoms with Crippen LogP contribution >= 0.6 is 0 Å². The Morgan fingerprint density at radius 2 is 1.95 bits per heavy atom. The second-order valence-electron chi connectivity index (χ2n) is 5.23. The summed E-state index contributed by atoms with van der Waals surface area (Å²) < 4.78 is 56.6. The molecule has 0 aromatic carbocycles. The van der Waals surface area contributed by atoms with Crippen molar-refractivity contribution in [2.24, 2.45) is 0 Å². The largest absolute Gasteiger partial charge is 0.360 e. The fourth-order valence-corrected chi connectivity index (χ4v) is 4.98. The van der Waals surface area contributed by atoms with Gasteiger partial charge in [0.05, 0.1) is 6.26 Å². The molecule has 1 unspecified atom stereocenters. The first-order valence-corrected chi connectivity index (χ1v) is 9.85. The highest BCUT2D eigenvalue weighted by atomic mass is 32.2. The van der Waals surface area contributed by atoms with E-state index in [9.17, 15) is 16.8 Å². The third kappa shape index (κ3) is 3.62. The van der Waals surface area contributed by atoms with E-state index in [2.05, 4.69) is 9.88 Å². The van der Waals surface area contributed by atoms with Crippen LogP contribution in [0.3, 0.4) is 0 Å². The molecule has 120 valence electrons. The van der Waals surface area contributed by atoms with E-state index in [1.165, 1.54) is 11.2 Å². The molecule has 0 spiro atoms. The lowest BCUT2D eigenvalue weighted by Gasteiger charge is -2.31. The molecule has 1 aromatic heterocycles. The number of aromatic nitrogens is 1. The zero-order chi connectivity index (χ0) is 15.8. The van der Waals surface area contributed by atoms with E-state index >= 15 is 0 Å². The molecule has 2 heterocycles. The number of hydrogen-bond acceptors (Lipinski definition) is 6. The van der Waals surface area contributed by atoms with E-state index in [4.69, 9.17) is 4.52 Å². The van der Waals surface area contributed by atoms with Gasteiger partial charge in [-0.2, -0.15) is 0 Å². The van der Waals surface area contributed by atoms with Crippen molar-refractivity contribution >= 4 is 20.0 Å². The maximum atomic E-state index is 12.4. The smallest absolute Gasteiger partial charge is 0.246 e. The second kappa shape index (κ2) is 5.67. The van der Waals surface area contributed by atoms with Gasteiger partial charge in [-0.15, -0.1) is 0 Å². The number of nitrogens with one attached hydrogen (secondary N) is 1. The first-order valence-electron chi connectivity index (χ1n) is 6.51. The summed E-state index contributed by atoms with van der Waals surface area (Å²) in [6, 6.07) is -0.452. The van der Waals surface area contributed by atoms with Gasteiger partial charge < -0.3 is 4.52 Å². The second-order valence-corrected chi connectivity index (χ2v) is 8.87. The summed E-state index contributed by atoms with van der Waals surface area (Å²) in [5.74, 6) is 0.218. The zero-order valence-corrected chi connectivity index (χ0v) is 13.8. The van der Waals surface area contributed by atoms with Crippen LogP contribution in [0.25, 0.3) is 0 Å². The Morgan fingerprint density at radius 3 is 2.48 bits per heavy atom. The van der Waals surface area contributed by atoms with Crippen LogP contribution in [0.2, 0.25) is 0 Å². The Bertz CT molecular complexity index is 704. The number of hydrogen-bond donors (Lipinski definition) is 1. The Balaban J connectivity index is 2.18. The van der Waals surface area contributed by atoms with E-state index in [1.807, 2.05) is 0 Å². The van der Waals surface area contributed by atoms with Gasteiger partial charge in [0, 0.05) is 19.1 Å². The van der Waals surface area contributed by atoms with Gasteiger partial charge in [0.25, 0.3) is 0 Å². The molecule has 0 amide bonds. The van der Waals surface area contributed by atoms with Gasteiger partial charge in [0.1, 0.15) is 10.6 Å². The van der Waals surface area contributed by atoms with Gasteiger partial charge in [-0.3, -0.25) is 0 Å². The zero-order valence-electron chi connectivity index (χ0n) is 12.2. The van der Waals surface area contributed by atoms with Crippen LogP contribution in [0.15, 0.2) is 9.42 Å². The van der Waals surface area contributed by atoms with Gasteiger partial charge in [0.15, 0.2) is 5.76 Å². The molecule has 0 radical (unpaired) electrons. The van der Waals surface area contributed by atoms with Gasteiger partial charge in [-0.05, 0) is 26.7 Å². The van der Waals surface area contributed by atoms with Crippen molar-refractivity contribution in [1.29, 1.82) is 0 Å². The first kappa shape index (κ1) is 16.4. The lowest BCUT2D eigenvalue weighted by atomic mass is 10.1. The van der Waals surface area contributed by atoms with Crippen LogP contribution in [0.5, 0.6) is 0 Å². The van der Waals surface area contributed by atoms with Crippen molar-refractivity contribution in [3.63, 3.8) is 0 Å². The quantitative estimate of drug-likeness (QED) is 0.828. The fourth-order valence-electron chi connectivity index (χ4n) is 2.48. The molecule has 1 saturated heterocycles. The third-order valence-corrected chi connectivity index (χ3v) is 6.45. The highest BCUT2D eigenvalue weighted by Gasteiger charge is 2.31. The molecular weight excluding hydrogens is 318 g/mol. The van der Waals surface area contributed by atoms with Crippen molar-refractivity contribution in [1.82, 2.24) is 14.2 Å². The predicted molar refractivity (Wildman–Crippen MR) is 75.7 cm³/mol. The van der Waals surface area contributed by atoms with Crippen LogP contribution in [0.4, 0.5) is 0 Å². The summed E-state index contributed by atoms with van der Waals surface area (Å²) in [5, 5.41) is 3.63. The Kier molecular flexibility index (Phi) is 4.43. The molecule has 1 fully saturated rings. The van der Waals surface area contributed by atoms with Crippen molar-refractivity contribution in [3.05, 3.63) is 11.5 Å². The number of sulfonamides is 2. The number of rotatable bonds is 4. The molecule has 0 bridgehead atoms. The maximum absolute atomic E-state index is 12.4. The van der Waals surface area contributed by atoms with Crippen LogP contribution in [-0.4, -0.2) is 51.7 Å². The normalized spacial score (nSPS) is 21.6. The fraction of sp³-hybridized carbons (Fsp3) is 0.727. The van der Waals surface area contributed by atoms with Crippen LogP contribution < -0.4 is 4.72 Å². The molecule has 8 nitrogen and oxygen atoms in total. The predicted octanol–water partition coefficient (Wildman–Crippen LogP) is -0.00626. The summed E-state index contributed by atoms with van der Waals surface area (Å²) in [5.41, 5.74) is 0.288. The standard InChI is InChI=1S/C11H19N3O5S2/c1-8-11(9(2)19-12-8)21(17,18)13-10-5-4-6-14(7-10)20(3,15)16/h10,13H,4-7H2,1-3H3. The molecule has 1 aliphatic rings. The molecule has 0 aliphatic carbocycles. The van der Waals surface area contributed by atoms with E-state index in [0.29, 0.717) is 19.4 Å². The molecular formula is C11H19N3O5S2. The molecule has 21 heavy (non-hydrogen) atoms. The van der Waals surface area contributed by atoms with Crippen LogP contribution in [0.1, 0.15) is 24.3 Å². The summed E-state index contributed by atoms with van der Waals surface area (Å²) in [4.78, 5) is 0.0268. The highest BCUT2D eigenvalue weighted by molar-refractivity contribution is 7.89. The van der Waals surface area contributed by atoms with Crippen molar-refractivity contribution in [2.45, 2.75) is 37.6 Å². The van der Waals surface area contributed by atoms with Gasteiger partial charge in [-0.25, -0.2) is 25.9 Å². The lowest BCUT2D eigenvalue weighted by Crippen LogP contribution is -2.49. The third-order valence-electron chi connectivity index (χ3n) is 3.41. The van der Waals surface area contributed by atoms with Gasteiger partial charge in [-0.1, -0.05) is 5.16 Å². The minimum Gasteiger partial charge on any atom is -0.360 e. The molecule has 10 heteroatoms. The summed E-state index contributed by atoms with van der Waals surface area (Å²) in [6.07, 6.45) is 2.33. The van der Waals surface area contributed by atoms with Crippen molar-refractivity contribution in [2.75, 3.05) is 19.3 Å². The average molecular weight is 337 g/mol. The maximum Gasteiger partial charge on any atom is 0.246 e. The molecule has 1 atom stereocenters. The number of piperidine rings is 1. The van der Waals surface area contributed by atoms with Crippen molar-refractivity contribution in [3.8, 4) is 0 Å². The molecule has 1 N–H and O–H groups in total. The minimum atomic E-state index is -3.77. The summed E-state index contributed by atoms with van der Waals surface area (Å²) >= 11 is 0.